The number of hydrogen-bond donors (Lipinski definition) is 1. The Hall–Kier alpha value is -2.60. The normalized spacial score (nSPS) is 23.9. The van der Waals surface area contributed by atoms with Crippen LogP contribution < -0.4 is 0 Å². The SMILES string of the molecule is CC(C)(C)C1=CC(c2ccc(C3=[N+]([O-])C(C)(C)C(C)(C)N3[O])cc2)C=C(O)C1=O. The molecule has 1 aliphatic heterocycles. The van der Waals surface area contributed by atoms with Crippen molar-refractivity contribution in [3.8, 4) is 0 Å². The first-order valence-electron chi connectivity index (χ1n) is 9.79. The highest BCUT2D eigenvalue weighted by Gasteiger charge is 2.59. The summed E-state index contributed by atoms with van der Waals surface area (Å²) in [6, 6.07) is 7.13. The summed E-state index contributed by atoms with van der Waals surface area (Å²) in [4.78, 5) is 12.3. The maximum Gasteiger partial charge on any atom is 0.316 e. The number of nitrogens with zero attached hydrogens (tertiary/aromatic N) is 2. The van der Waals surface area contributed by atoms with E-state index in [1.165, 1.54) is 6.08 Å². The minimum atomic E-state index is -0.870. The van der Waals surface area contributed by atoms with Crippen molar-refractivity contribution in [2.75, 3.05) is 0 Å². The molecule has 0 saturated heterocycles. The van der Waals surface area contributed by atoms with Crippen LogP contribution in [0.1, 0.15) is 65.5 Å². The molecule has 1 aromatic rings. The Bertz CT molecular complexity index is 944. The van der Waals surface area contributed by atoms with E-state index >= 15 is 0 Å². The van der Waals surface area contributed by atoms with E-state index in [0.29, 0.717) is 11.1 Å². The molecular formula is C23H29N2O4. The Balaban J connectivity index is 1.99. The lowest BCUT2D eigenvalue weighted by atomic mass is 9.77. The first kappa shape index (κ1) is 21.1. The molecule has 1 aliphatic carbocycles. The molecule has 0 aromatic heterocycles. The zero-order valence-electron chi connectivity index (χ0n) is 18.1. The van der Waals surface area contributed by atoms with E-state index in [1.54, 1.807) is 39.8 Å². The van der Waals surface area contributed by atoms with Crippen molar-refractivity contribution in [3.63, 3.8) is 0 Å². The molecule has 1 unspecified atom stereocenters. The molecule has 0 fully saturated rings. The second kappa shape index (κ2) is 6.46. The van der Waals surface area contributed by atoms with Gasteiger partial charge >= 0.3 is 5.84 Å². The quantitative estimate of drug-likeness (QED) is 0.597. The van der Waals surface area contributed by atoms with Crippen LogP contribution in [0.25, 0.3) is 0 Å². The van der Waals surface area contributed by atoms with Gasteiger partial charge in [0.05, 0.1) is 5.56 Å². The van der Waals surface area contributed by atoms with Crippen molar-refractivity contribution in [2.24, 2.45) is 5.41 Å². The smallest absolute Gasteiger partial charge is 0.316 e. The third-order valence-electron chi connectivity index (χ3n) is 6.42. The second-order valence-electron chi connectivity index (χ2n) is 9.89. The summed E-state index contributed by atoms with van der Waals surface area (Å²) < 4.78 is 0.789. The Morgan fingerprint density at radius 1 is 1.07 bits per heavy atom. The van der Waals surface area contributed by atoms with Gasteiger partial charge in [-0.05, 0) is 56.9 Å². The van der Waals surface area contributed by atoms with Gasteiger partial charge in [0.15, 0.2) is 11.3 Å². The van der Waals surface area contributed by atoms with Crippen molar-refractivity contribution in [3.05, 3.63) is 64.1 Å². The number of allylic oxidation sites excluding steroid dienone is 3. The van der Waals surface area contributed by atoms with Crippen LogP contribution in [0, 0.1) is 10.6 Å². The van der Waals surface area contributed by atoms with Gasteiger partial charge in [-0.25, -0.2) is 0 Å². The van der Waals surface area contributed by atoms with Crippen LogP contribution in [0.15, 0.2) is 47.7 Å². The standard InChI is InChI=1S/C23H29N2O4/c1-21(2,3)17-12-16(13-18(26)19(17)27)14-8-10-15(11-9-14)20-24(28)22(4,5)23(6,7)25(20)29/h8-13,16,26H,1-7H3. The molecule has 6 nitrogen and oxygen atoms in total. The minimum Gasteiger partial charge on any atom is -0.714 e. The number of hydrogen-bond acceptors (Lipinski definition) is 4. The molecular weight excluding hydrogens is 368 g/mol. The van der Waals surface area contributed by atoms with E-state index < -0.39 is 11.1 Å². The molecule has 1 N–H and O–H groups in total. The largest absolute Gasteiger partial charge is 0.714 e. The average molecular weight is 397 g/mol. The molecule has 6 heteroatoms. The van der Waals surface area contributed by atoms with Gasteiger partial charge in [0.1, 0.15) is 5.54 Å². The lowest BCUT2D eigenvalue weighted by molar-refractivity contribution is -0.539. The molecule has 0 saturated carbocycles. The van der Waals surface area contributed by atoms with Gasteiger partial charge in [0.25, 0.3) is 0 Å². The summed E-state index contributed by atoms with van der Waals surface area (Å²) in [5, 5.41) is 36.6. The maximum atomic E-state index is 12.8. The van der Waals surface area contributed by atoms with Gasteiger partial charge in [-0.3, -0.25) is 9.53 Å². The molecule has 2 aliphatic rings. The van der Waals surface area contributed by atoms with Gasteiger partial charge < -0.3 is 10.3 Å². The third-order valence-corrected chi connectivity index (χ3v) is 6.42. The molecule has 0 spiro atoms. The molecule has 1 radical (unpaired) electrons. The van der Waals surface area contributed by atoms with Gasteiger partial charge in [-0.2, -0.15) is 0 Å². The van der Waals surface area contributed by atoms with Crippen molar-refractivity contribution >= 4 is 11.6 Å². The predicted octanol–water partition coefficient (Wildman–Crippen LogP) is 4.24. The molecule has 0 bridgehead atoms. The topological polar surface area (TPSA) is 86.5 Å². The summed E-state index contributed by atoms with van der Waals surface area (Å²) in [5.74, 6) is -0.768. The number of hydroxylamine groups is 3. The average Bonchev–Trinajstić information content (AvgIpc) is 2.74. The number of aliphatic hydroxyl groups excluding tert-OH is 1. The van der Waals surface area contributed by atoms with Crippen molar-refractivity contribution in [1.29, 1.82) is 0 Å². The highest BCUT2D eigenvalue weighted by molar-refractivity contribution is 6.08. The van der Waals surface area contributed by atoms with E-state index in [9.17, 15) is 20.3 Å². The third kappa shape index (κ3) is 3.15. The van der Waals surface area contributed by atoms with Crippen molar-refractivity contribution < 1.29 is 19.8 Å². The van der Waals surface area contributed by atoms with E-state index in [0.717, 1.165) is 15.4 Å². The Kier molecular flexibility index (Phi) is 4.70. The number of ketones is 1. The van der Waals surface area contributed by atoms with E-state index in [1.807, 2.05) is 39.0 Å². The number of rotatable bonds is 2. The lowest BCUT2D eigenvalue weighted by Crippen LogP contribution is -2.53. The molecule has 3 rings (SSSR count). The van der Waals surface area contributed by atoms with E-state index in [2.05, 4.69) is 0 Å². The van der Waals surface area contributed by atoms with Crippen molar-refractivity contribution in [2.45, 2.75) is 65.5 Å². The molecule has 1 atom stereocenters. The van der Waals surface area contributed by atoms with Gasteiger partial charge in [0, 0.05) is 16.7 Å². The summed E-state index contributed by atoms with van der Waals surface area (Å²) >= 11 is 0. The van der Waals surface area contributed by atoms with Crippen LogP contribution in [0.2, 0.25) is 0 Å². The van der Waals surface area contributed by atoms with Crippen LogP contribution in [0.5, 0.6) is 0 Å². The summed E-state index contributed by atoms with van der Waals surface area (Å²) in [5.41, 5.74) is -0.159. The van der Waals surface area contributed by atoms with E-state index in [-0.39, 0.29) is 28.7 Å². The first-order chi connectivity index (χ1) is 13.2. The van der Waals surface area contributed by atoms with Crippen LogP contribution in [0.4, 0.5) is 0 Å². The fourth-order valence-corrected chi connectivity index (χ4v) is 3.67. The number of carbonyl (C=O) groups is 1. The number of benzene rings is 1. The van der Waals surface area contributed by atoms with Crippen LogP contribution in [0.3, 0.4) is 0 Å². The fourth-order valence-electron chi connectivity index (χ4n) is 3.67. The summed E-state index contributed by atoms with van der Waals surface area (Å²) in [7, 11) is 0. The summed E-state index contributed by atoms with van der Waals surface area (Å²) in [6.07, 6.45) is 3.40. The van der Waals surface area contributed by atoms with Crippen LogP contribution >= 0.6 is 0 Å². The molecule has 155 valence electrons. The minimum absolute atomic E-state index is 0.0923. The monoisotopic (exact) mass is 397 g/mol. The number of Topliss-reactive ketones (excluding diaryl/α,β-unsaturated/α-hetero) is 1. The Morgan fingerprint density at radius 2 is 1.62 bits per heavy atom. The Morgan fingerprint density at radius 3 is 2.07 bits per heavy atom. The summed E-state index contributed by atoms with van der Waals surface area (Å²) in [6.45, 7) is 12.8. The molecule has 29 heavy (non-hydrogen) atoms. The van der Waals surface area contributed by atoms with Gasteiger partial charge in [-0.15, -0.1) is 0 Å². The highest BCUT2D eigenvalue weighted by Crippen LogP contribution is 2.38. The molecule has 0 amide bonds. The number of carbonyl (C=O) groups excluding carboxylic acids is 1. The van der Waals surface area contributed by atoms with Gasteiger partial charge in [0.2, 0.25) is 5.78 Å². The van der Waals surface area contributed by atoms with Gasteiger partial charge in [-0.1, -0.05) is 44.0 Å². The highest BCUT2D eigenvalue weighted by atomic mass is 16.5. The first-order valence-corrected chi connectivity index (χ1v) is 9.79. The maximum absolute atomic E-state index is 12.8. The van der Waals surface area contributed by atoms with Crippen LogP contribution in [-0.2, 0) is 10.0 Å². The zero-order valence-corrected chi connectivity index (χ0v) is 18.1. The second-order valence-corrected chi connectivity index (χ2v) is 9.89. The molecule has 1 aromatic carbocycles. The van der Waals surface area contributed by atoms with E-state index in [4.69, 9.17) is 0 Å². The lowest BCUT2D eigenvalue weighted by Gasteiger charge is -2.32. The van der Waals surface area contributed by atoms with Crippen molar-refractivity contribution in [1.82, 2.24) is 5.06 Å². The zero-order chi connectivity index (χ0) is 21.9. The number of amidine groups is 1. The fraction of sp³-hybridized carbons (Fsp3) is 0.478. The predicted molar refractivity (Wildman–Crippen MR) is 111 cm³/mol. The molecule has 1 heterocycles. The van der Waals surface area contributed by atoms with Crippen LogP contribution in [-0.4, -0.2) is 37.6 Å². The number of aliphatic hydroxyl groups is 1. The Labute approximate surface area is 172 Å².